The minimum atomic E-state index is -0.590. The molecular formula is C28H36N4O4. The fourth-order valence-electron chi connectivity index (χ4n) is 5.20. The average Bonchev–Trinajstić information content (AvgIpc) is 3.11. The largest absolute Gasteiger partial charge is 0.437 e. The lowest BCUT2D eigenvalue weighted by atomic mass is 10.1. The Kier molecular flexibility index (Phi) is 8.28. The van der Waals surface area contributed by atoms with E-state index >= 15 is 0 Å². The van der Waals surface area contributed by atoms with Crippen molar-refractivity contribution in [2.24, 2.45) is 0 Å². The number of nitrogens with zero attached hydrogens (tertiary/aromatic N) is 2. The number of likely N-dealkylation sites (N-methyl/N-ethyl adjacent to an activating group) is 4. The van der Waals surface area contributed by atoms with Gasteiger partial charge < -0.3 is 29.9 Å². The molecule has 4 rings (SSSR count). The molecule has 2 aromatic carbocycles. The molecule has 8 nitrogen and oxygen atoms in total. The Bertz CT molecular complexity index is 1020. The van der Waals surface area contributed by atoms with E-state index in [9.17, 15) is 9.59 Å². The summed E-state index contributed by atoms with van der Waals surface area (Å²) in [6, 6.07) is 16.1. The molecule has 0 saturated heterocycles. The Hall–Kier alpha value is -3.36. The van der Waals surface area contributed by atoms with Crippen LogP contribution in [0.4, 0.5) is 11.4 Å². The number of benzene rings is 2. The van der Waals surface area contributed by atoms with Crippen LogP contribution in [0, 0.1) is 0 Å². The molecule has 0 radical (unpaired) electrons. The predicted molar refractivity (Wildman–Crippen MR) is 141 cm³/mol. The van der Waals surface area contributed by atoms with E-state index in [1.54, 1.807) is 0 Å². The van der Waals surface area contributed by atoms with Crippen LogP contribution in [-0.2, 0) is 31.9 Å². The first-order chi connectivity index (χ1) is 17.4. The van der Waals surface area contributed by atoms with Crippen molar-refractivity contribution in [2.45, 2.75) is 50.2 Å². The molecule has 0 bridgehead atoms. The smallest absolute Gasteiger partial charge is 0.332 e. The lowest BCUT2D eigenvalue weighted by molar-refractivity contribution is -0.147. The molecule has 0 spiro atoms. The lowest BCUT2D eigenvalue weighted by Crippen LogP contribution is -2.49. The molecule has 2 aromatic rings. The Balaban J connectivity index is 1.43. The summed E-state index contributed by atoms with van der Waals surface area (Å²) in [4.78, 5) is 29.4. The molecule has 0 fully saturated rings. The van der Waals surface area contributed by atoms with Crippen LogP contribution in [0.3, 0.4) is 0 Å². The van der Waals surface area contributed by atoms with Gasteiger partial charge >= 0.3 is 11.9 Å². The zero-order chi connectivity index (χ0) is 25.7. The summed E-state index contributed by atoms with van der Waals surface area (Å²) in [5.41, 5.74) is 4.50. The first-order valence-electron chi connectivity index (χ1n) is 12.5. The molecule has 2 aliphatic heterocycles. The SMILES string of the molecule is CNC1CCc2ccccc2N(C)C1OC(=O)/C=C/C(=O)OC1C(NC)CCc2ccccc2N1C. The minimum Gasteiger partial charge on any atom is -0.437 e. The molecule has 8 heteroatoms. The maximum atomic E-state index is 12.7. The van der Waals surface area contributed by atoms with E-state index < -0.39 is 24.4 Å². The summed E-state index contributed by atoms with van der Waals surface area (Å²) in [6.07, 6.45) is 4.69. The number of hydrogen-bond acceptors (Lipinski definition) is 8. The van der Waals surface area contributed by atoms with Crippen LogP contribution in [0.5, 0.6) is 0 Å². The van der Waals surface area contributed by atoms with Crippen LogP contribution < -0.4 is 20.4 Å². The number of carbonyl (C=O) groups excluding carboxylic acids is 2. The van der Waals surface area contributed by atoms with Gasteiger partial charge in [-0.25, -0.2) is 9.59 Å². The highest BCUT2D eigenvalue weighted by molar-refractivity contribution is 5.92. The standard InChI is InChI=1S/C28H36N4O4/c1-29-21-15-13-19-9-5-7-11-23(19)31(3)27(21)35-25(33)17-18-26(34)36-28-22(30-2)16-14-20-10-6-8-12-24(20)32(28)4/h5-12,17-18,21-22,27-30H,13-16H2,1-4H3/b18-17+. The molecular weight excluding hydrogens is 456 g/mol. The van der Waals surface area contributed by atoms with Gasteiger partial charge in [-0.3, -0.25) is 0 Å². The van der Waals surface area contributed by atoms with Crippen molar-refractivity contribution in [3.8, 4) is 0 Å². The second kappa shape index (κ2) is 11.6. The van der Waals surface area contributed by atoms with E-state index in [1.165, 1.54) is 11.1 Å². The van der Waals surface area contributed by atoms with Crippen LogP contribution >= 0.6 is 0 Å². The van der Waals surface area contributed by atoms with Gasteiger partial charge in [0.05, 0.1) is 12.1 Å². The van der Waals surface area contributed by atoms with Crippen molar-refractivity contribution in [2.75, 3.05) is 38.0 Å². The number of rotatable bonds is 6. The summed E-state index contributed by atoms with van der Waals surface area (Å²) in [6.45, 7) is 0. The van der Waals surface area contributed by atoms with Crippen molar-refractivity contribution in [3.63, 3.8) is 0 Å². The van der Waals surface area contributed by atoms with Crippen molar-refractivity contribution in [1.82, 2.24) is 10.6 Å². The fraction of sp³-hybridized carbons (Fsp3) is 0.429. The third kappa shape index (κ3) is 5.55. The molecule has 36 heavy (non-hydrogen) atoms. The van der Waals surface area contributed by atoms with Gasteiger partial charge in [0.2, 0.25) is 0 Å². The first kappa shape index (κ1) is 25.7. The van der Waals surface area contributed by atoms with Gasteiger partial charge in [0.25, 0.3) is 0 Å². The van der Waals surface area contributed by atoms with Crippen LogP contribution in [-0.4, -0.2) is 64.7 Å². The summed E-state index contributed by atoms with van der Waals surface area (Å²) in [5.74, 6) is -1.18. The number of hydrogen-bond donors (Lipinski definition) is 2. The number of para-hydroxylation sites is 2. The molecule has 2 heterocycles. The van der Waals surface area contributed by atoms with Crippen molar-refractivity contribution >= 4 is 23.3 Å². The lowest BCUT2D eigenvalue weighted by Gasteiger charge is -2.33. The number of ether oxygens (including phenoxy) is 2. The van der Waals surface area contributed by atoms with E-state index in [1.807, 2.05) is 74.4 Å². The summed E-state index contributed by atoms with van der Waals surface area (Å²) < 4.78 is 11.6. The molecule has 2 N–H and O–H groups in total. The molecule has 192 valence electrons. The molecule has 4 atom stereocenters. The second-order valence-corrected chi connectivity index (χ2v) is 9.34. The van der Waals surface area contributed by atoms with Gasteiger partial charge in [-0.05, 0) is 63.0 Å². The van der Waals surface area contributed by atoms with Crippen LogP contribution in [0.1, 0.15) is 24.0 Å². The quantitative estimate of drug-likeness (QED) is 0.471. The number of anilines is 2. The Morgan fingerprint density at radius 2 is 1.14 bits per heavy atom. The van der Waals surface area contributed by atoms with E-state index in [2.05, 4.69) is 22.8 Å². The van der Waals surface area contributed by atoms with Gasteiger partial charge in [0, 0.05) is 37.6 Å². The zero-order valence-electron chi connectivity index (χ0n) is 21.4. The Labute approximate surface area is 213 Å². The first-order valence-corrected chi connectivity index (χ1v) is 12.5. The Morgan fingerprint density at radius 3 is 1.53 bits per heavy atom. The number of fused-ring (bicyclic) bond motifs is 2. The molecule has 0 amide bonds. The number of carbonyl (C=O) groups is 2. The van der Waals surface area contributed by atoms with Gasteiger partial charge in [0.1, 0.15) is 0 Å². The third-order valence-electron chi connectivity index (χ3n) is 7.22. The van der Waals surface area contributed by atoms with Gasteiger partial charge in [0.15, 0.2) is 12.5 Å². The van der Waals surface area contributed by atoms with Crippen LogP contribution in [0.15, 0.2) is 60.7 Å². The number of esters is 2. The van der Waals surface area contributed by atoms with Crippen molar-refractivity contribution < 1.29 is 19.1 Å². The summed E-state index contributed by atoms with van der Waals surface area (Å²) in [5, 5.41) is 6.53. The third-order valence-corrected chi connectivity index (χ3v) is 7.22. The van der Waals surface area contributed by atoms with Crippen molar-refractivity contribution in [3.05, 3.63) is 71.8 Å². The number of nitrogens with one attached hydrogen (secondary N) is 2. The molecule has 2 aliphatic rings. The summed E-state index contributed by atoms with van der Waals surface area (Å²) in [7, 11) is 7.56. The van der Waals surface area contributed by atoms with Crippen LogP contribution in [0.25, 0.3) is 0 Å². The molecule has 4 unspecified atom stereocenters. The van der Waals surface area contributed by atoms with E-state index in [0.717, 1.165) is 49.2 Å². The maximum Gasteiger partial charge on any atom is 0.332 e. The summed E-state index contributed by atoms with van der Waals surface area (Å²) >= 11 is 0. The normalized spacial score (nSPS) is 23.9. The second-order valence-electron chi connectivity index (χ2n) is 9.34. The highest BCUT2D eigenvalue weighted by Gasteiger charge is 2.33. The number of aryl methyl sites for hydroxylation is 2. The van der Waals surface area contributed by atoms with E-state index in [0.29, 0.717) is 0 Å². The van der Waals surface area contributed by atoms with Crippen molar-refractivity contribution in [1.29, 1.82) is 0 Å². The van der Waals surface area contributed by atoms with Crippen LogP contribution in [0.2, 0.25) is 0 Å². The monoisotopic (exact) mass is 492 g/mol. The maximum absolute atomic E-state index is 12.7. The average molecular weight is 493 g/mol. The van der Waals surface area contributed by atoms with E-state index in [-0.39, 0.29) is 12.1 Å². The highest BCUT2D eigenvalue weighted by Crippen LogP contribution is 2.30. The molecule has 0 aliphatic carbocycles. The highest BCUT2D eigenvalue weighted by atomic mass is 16.6. The fourth-order valence-corrected chi connectivity index (χ4v) is 5.20. The Morgan fingerprint density at radius 1 is 0.750 bits per heavy atom. The van der Waals surface area contributed by atoms with Gasteiger partial charge in [-0.1, -0.05) is 36.4 Å². The zero-order valence-corrected chi connectivity index (χ0v) is 21.4. The van der Waals surface area contributed by atoms with Gasteiger partial charge in [-0.2, -0.15) is 0 Å². The minimum absolute atomic E-state index is 0.0530. The molecule has 0 saturated carbocycles. The van der Waals surface area contributed by atoms with E-state index in [4.69, 9.17) is 9.47 Å². The topological polar surface area (TPSA) is 83.1 Å². The van der Waals surface area contributed by atoms with Gasteiger partial charge in [-0.15, -0.1) is 0 Å². The molecule has 0 aromatic heterocycles. The predicted octanol–water partition coefficient (Wildman–Crippen LogP) is 2.62.